The van der Waals surface area contributed by atoms with Crippen molar-refractivity contribution < 1.29 is 13.9 Å². The van der Waals surface area contributed by atoms with Gasteiger partial charge in [-0.1, -0.05) is 0 Å². The second kappa shape index (κ2) is 4.75. The summed E-state index contributed by atoms with van der Waals surface area (Å²) in [6, 6.07) is 3.28. The lowest BCUT2D eigenvalue weighted by molar-refractivity contribution is -0.142. The standard InChI is InChI=1S/C10H13FN2O2/c1-15-10(14)9(13)5-6-4-7(12)2-3-8(6)11/h2-4,9H,5,12-13H2,1H3/t9-/m0/s1. The number of esters is 1. The Hall–Kier alpha value is -1.62. The third kappa shape index (κ3) is 2.92. The van der Waals surface area contributed by atoms with E-state index in [-0.39, 0.29) is 6.42 Å². The Morgan fingerprint density at radius 3 is 2.87 bits per heavy atom. The van der Waals surface area contributed by atoms with Crippen molar-refractivity contribution in [2.45, 2.75) is 12.5 Å². The summed E-state index contributed by atoms with van der Waals surface area (Å²) in [6.07, 6.45) is 0.0730. The Balaban J connectivity index is 2.80. The molecule has 1 aromatic carbocycles. The molecule has 0 bridgehead atoms. The second-order valence-electron chi connectivity index (χ2n) is 3.18. The molecule has 0 radical (unpaired) electrons. The summed E-state index contributed by atoms with van der Waals surface area (Å²) >= 11 is 0. The molecule has 0 aromatic heterocycles. The first-order valence-electron chi connectivity index (χ1n) is 4.42. The van der Waals surface area contributed by atoms with Crippen LogP contribution in [0.4, 0.5) is 10.1 Å². The maximum Gasteiger partial charge on any atom is 0.322 e. The van der Waals surface area contributed by atoms with Crippen molar-refractivity contribution >= 4 is 11.7 Å². The monoisotopic (exact) mass is 212 g/mol. The molecule has 4 N–H and O–H groups in total. The van der Waals surface area contributed by atoms with Crippen LogP contribution >= 0.6 is 0 Å². The minimum atomic E-state index is -0.869. The summed E-state index contributed by atoms with van der Waals surface area (Å²) in [6.45, 7) is 0. The van der Waals surface area contributed by atoms with E-state index in [1.807, 2.05) is 0 Å². The molecule has 0 spiro atoms. The Morgan fingerprint density at radius 1 is 1.60 bits per heavy atom. The van der Waals surface area contributed by atoms with Gasteiger partial charge in [0.25, 0.3) is 0 Å². The fourth-order valence-corrected chi connectivity index (χ4v) is 1.22. The zero-order chi connectivity index (χ0) is 11.4. The number of carbonyl (C=O) groups is 1. The van der Waals surface area contributed by atoms with E-state index in [0.717, 1.165) is 0 Å². The van der Waals surface area contributed by atoms with Gasteiger partial charge in [0.1, 0.15) is 11.9 Å². The van der Waals surface area contributed by atoms with Crippen LogP contribution in [0.1, 0.15) is 5.56 Å². The van der Waals surface area contributed by atoms with E-state index < -0.39 is 17.8 Å². The van der Waals surface area contributed by atoms with Crippen molar-refractivity contribution in [2.24, 2.45) is 5.73 Å². The zero-order valence-electron chi connectivity index (χ0n) is 8.37. The number of carbonyl (C=O) groups excluding carboxylic acids is 1. The minimum Gasteiger partial charge on any atom is -0.468 e. The summed E-state index contributed by atoms with van der Waals surface area (Å²) in [5, 5.41) is 0. The minimum absolute atomic E-state index is 0.0730. The molecule has 1 atom stereocenters. The summed E-state index contributed by atoms with van der Waals surface area (Å²) < 4.78 is 17.7. The average Bonchev–Trinajstić information content (AvgIpc) is 2.22. The SMILES string of the molecule is COC(=O)[C@@H](N)Cc1cc(N)ccc1F. The lowest BCUT2D eigenvalue weighted by atomic mass is 10.1. The molecule has 0 saturated carbocycles. The van der Waals surface area contributed by atoms with Gasteiger partial charge in [0.05, 0.1) is 7.11 Å². The molecule has 0 aliphatic heterocycles. The van der Waals surface area contributed by atoms with Crippen molar-refractivity contribution in [3.05, 3.63) is 29.6 Å². The molecular weight excluding hydrogens is 199 g/mol. The molecule has 0 unspecified atom stereocenters. The molecule has 0 aliphatic carbocycles. The number of nitrogen functional groups attached to an aromatic ring is 1. The zero-order valence-corrected chi connectivity index (χ0v) is 8.37. The topological polar surface area (TPSA) is 78.3 Å². The van der Waals surface area contributed by atoms with Crippen LogP contribution in [0.5, 0.6) is 0 Å². The number of benzene rings is 1. The number of halogens is 1. The Morgan fingerprint density at radius 2 is 2.27 bits per heavy atom. The van der Waals surface area contributed by atoms with Gasteiger partial charge in [-0.2, -0.15) is 0 Å². The molecule has 0 amide bonds. The van der Waals surface area contributed by atoms with Crippen molar-refractivity contribution in [2.75, 3.05) is 12.8 Å². The number of rotatable bonds is 3. The van der Waals surface area contributed by atoms with Crippen LogP contribution in [-0.2, 0) is 16.0 Å². The summed E-state index contributed by atoms with van der Waals surface area (Å²) in [4.78, 5) is 11.0. The maximum absolute atomic E-state index is 13.2. The maximum atomic E-state index is 13.2. The van der Waals surface area contributed by atoms with Crippen LogP contribution in [0.2, 0.25) is 0 Å². The molecular formula is C10H13FN2O2. The number of nitrogens with two attached hydrogens (primary N) is 2. The number of hydrogen-bond acceptors (Lipinski definition) is 4. The number of methoxy groups -OCH3 is 1. The van der Waals surface area contributed by atoms with Crippen LogP contribution in [-0.4, -0.2) is 19.1 Å². The lowest BCUT2D eigenvalue weighted by Crippen LogP contribution is -2.33. The first-order chi connectivity index (χ1) is 7.04. The van der Waals surface area contributed by atoms with E-state index in [9.17, 15) is 9.18 Å². The predicted molar refractivity (Wildman–Crippen MR) is 54.5 cm³/mol. The highest BCUT2D eigenvalue weighted by molar-refractivity contribution is 5.75. The van der Waals surface area contributed by atoms with Gasteiger partial charge in [0, 0.05) is 12.1 Å². The number of anilines is 1. The summed E-state index contributed by atoms with van der Waals surface area (Å²) in [7, 11) is 1.23. The molecule has 82 valence electrons. The van der Waals surface area contributed by atoms with E-state index in [1.54, 1.807) is 0 Å². The summed E-state index contributed by atoms with van der Waals surface area (Å²) in [5.74, 6) is -1.000. The third-order valence-electron chi connectivity index (χ3n) is 2.01. The van der Waals surface area contributed by atoms with Crippen LogP contribution in [0.15, 0.2) is 18.2 Å². The van der Waals surface area contributed by atoms with Gasteiger partial charge < -0.3 is 16.2 Å². The van der Waals surface area contributed by atoms with Crippen molar-refractivity contribution in [3.63, 3.8) is 0 Å². The van der Waals surface area contributed by atoms with Gasteiger partial charge >= 0.3 is 5.97 Å². The smallest absolute Gasteiger partial charge is 0.322 e. The number of hydrogen-bond donors (Lipinski definition) is 2. The van der Waals surface area contributed by atoms with Gasteiger partial charge in [0.15, 0.2) is 0 Å². The average molecular weight is 212 g/mol. The molecule has 0 heterocycles. The molecule has 4 nitrogen and oxygen atoms in total. The predicted octanol–water partition coefficient (Wildman–Crippen LogP) is 0.451. The molecule has 5 heteroatoms. The van der Waals surface area contributed by atoms with Gasteiger partial charge in [-0.25, -0.2) is 4.39 Å². The first kappa shape index (κ1) is 11.5. The third-order valence-corrected chi connectivity index (χ3v) is 2.01. The molecule has 1 aromatic rings. The Kier molecular flexibility index (Phi) is 3.62. The van der Waals surface area contributed by atoms with Crippen LogP contribution in [0.25, 0.3) is 0 Å². The van der Waals surface area contributed by atoms with Crippen molar-refractivity contribution in [1.29, 1.82) is 0 Å². The Labute approximate surface area is 87.0 Å². The van der Waals surface area contributed by atoms with E-state index in [4.69, 9.17) is 11.5 Å². The van der Waals surface area contributed by atoms with Crippen molar-refractivity contribution in [1.82, 2.24) is 0 Å². The Bertz CT molecular complexity index is 368. The van der Waals surface area contributed by atoms with Gasteiger partial charge in [0.2, 0.25) is 0 Å². The highest BCUT2D eigenvalue weighted by atomic mass is 19.1. The van der Waals surface area contributed by atoms with Crippen molar-refractivity contribution in [3.8, 4) is 0 Å². The highest BCUT2D eigenvalue weighted by Crippen LogP contribution is 2.13. The van der Waals surface area contributed by atoms with Gasteiger partial charge in [-0.05, 0) is 23.8 Å². The highest BCUT2D eigenvalue weighted by Gasteiger charge is 2.16. The largest absolute Gasteiger partial charge is 0.468 e. The molecule has 0 saturated heterocycles. The fourth-order valence-electron chi connectivity index (χ4n) is 1.22. The van der Waals surface area contributed by atoms with E-state index in [0.29, 0.717) is 11.3 Å². The van der Waals surface area contributed by atoms with Crippen LogP contribution in [0, 0.1) is 5.82 Å². The van der Waals surface area contributed by atoms with E-state index in [1.165, 1.54) is 25.3 Å². The lowest BCUT2D eigenvalue weighted by Gasteiger charge is -2.10. The quantitative estimate of drug-likeness (QED) is 0.563. The molecule has 0 fully saturated rings. The van der Waals surface area contributed by atoms with E-state index in [2.05, 4.69) is 4.74 Å². The fraction of sp³-hybridized carbons (Fsp3) is 0.300. The van der Waals surface area contributed by atoms with Gasteiger partial charge in [-0.3, -0.25) is 4.79 Å². The molecule has 0 aliphatic rings. The van der Waals surface area contributed by atoms with Crippen LogP contribution in [0.3, 0.4) is 0 Å². The molecule has 15 heavy (non-hydrogen) atoms. The number of ether oxygens (including phenoxy) is 1. The van der Waals surface area contributed by atoms with E-state index >= 15 is 0 Å². The van der Waals surface area contributed by atoms with Crippen LogP contribution < -0.4 is 11.5 Å². The normalized spacial score (nSPS) is 12.2. The first-order valence-corrected chi connectivity index (χ1v) is 4.42. The summed E-state index contributed by atoms with van der Waals surface area (Å²) in [5.41, 5.74) is 11.7. The molecule has 1 rings (SSSR count). The van der Waals surface area contributed by atoms with Gasteiger partial charge in [-0.15, -0.1) is 0 Å². The second-order valence-corrected chi connectivity index (χ2v) is 3.18.